The number of hydrogen-bond acceptors (Lipinski definition) is 2. The van der Waals surface area contributed by atoms with Crippen LogP contribution in [0.25, 0.3) is 0 Å². The van der Waals surface area contributed by atoms with E-state index in [4.69, 9.17) is 9.84 Å². The predicted octanol–water partition coefficient (Wildman–Crippen LogP) is 1.67. The second-order valence-electron chi connectivity index (χ2n) is 3.28. The molecule has 0 spiro atoms. The summed E-state index contributed by atoms with van der Waals surface area (Å²) in [6.45, 7) is 2.78. The van der Waals surface area contributed by atoms with Gasteiger partial charge in [-0.3, -0.25) is 4.79 Å². The third kappa shape index (κ3) is 2.21. The van der Waals surface area contributed by atoms with Gasteiger partial charge in [0, 0.05) is 6.61 Å². The van der Waals surface area contributed by atoms with Crippen molar-refractivity contribution in [1.29, 1.82) is 0 Å². The quantitative estimate of drug-likeness (QED) is 0.704. The van der Waals surface area contributed by atoms with Crippen LogP contribution < -0.4 is 0 Å². The van der Waals surface area contributed by atoms with Gasteiger partial charge in [-0.05, 0) is 19.3 Å². The molecule has 1 rings (SSSR count). The summed E-state index contributed by atoms with van der Waals surface area (Å²) in [6.07, 6.45) is 3.49. The third-order valence-corrected chi connectivity index (χ3v) is 2.33. The van der Waals surface area contributed by atoms with Crippen LogP contribution in [-0.4, -0.2) is 23.8 Å². The van der Waals surface area contributed by atoms with Gasteiger partial charge in [-0.1, -0.05) is 13.3 Å². The second-order valence-corrected chi connectivity index (χ2v) is 3.28. The zero-order chi connectivity index (χ0) is 8.97. The van der Waals surface area contributed by atoms with Crippen molar-refractivity contribution in [2.45, 2.75) is 38.7 Å². The molecular weight excluding hydrogens is 156 g/mol. The SMILES string of the molecule is CCC[C@@H]1OCCC[C@H]1C(=O)O. The van der Waals surface area contributed by atoms with Crippen LogP contribution in [0.5, 0.6) is 0 Å². The largest absolute Gasteiger partial charge is 0.481 e. The van der Waals surface area contributed by atoms with Crippen molar-refractivity contribution in [1.82, 2.24) is 0 Å². The van der Waals surface area contributed by atoms with Crippen molar-refractivity contribution in [2.24, 2.45) is 5.92 Å². The lowest BCUT2D eigenvalue weighted by atomic mass is 9.92. The Balaban J connectivity index is 2.48. The number of aliphatic carboxylic acids is 1. The van der Waals surface area contributed by atoms with Crippen molar-refractivity contribution in [3.8, 4) is 0 Å². The van der Waals surface area contributed by atoms with Gasteiger partial charge in [0.1, 0.15) is 0 Å². The molecule has 1 heterocycles. The van der Waals surface area contributed by atoms with Gasteiger partial charge < -0.3 is 9.84 Å². The molecule has 0 bridgehead atoms. The minimum absolute atomic E-state index is 0.0405. The molecule has 0 aromatic carbocycles. The van der Waals surface area contributed by atoms with E-state index in [1.165, 1.54) is 0 Å². The van der Waals surface area contributed by atoms with E-state index in [2.05, 4.69) is 6.92 Å². The number of carboxylic acids is 1. The predicted molar refractivity (Wildman–Crippen MR) is 45.0 cm³/mol. The van der Waals surface area contributed by atoms with Gasteiger partial charge in [0.25, 0.3) is 0 Å². The van der Waals surface area contributed by atoms with E-state index >= 15 is 0 Å². The molecule has 3 heteroatoms. The fourth-order valence-corrected chi connectivity index (χ4v) is 1.69. The van der Waals surface area contributed by atoms with E-state index in [0.717, 1.165) is 32.3 Å². The topological polar surface area (TPSA) is 46.5 Å². The van der Waals surface area contributed by atoms with Gasteiger partial charge in [-0.2, -0.15) is 0 Å². The van der Waals surface area contributed by atoms with Crippen LogP contribution in [0.3, 0.4) is 0 Å². The van der Waals surface area contributed by atoms with Crippen molar-refractivity contribution >= 4 is 5.97 Å². The summed E-state index contributed by atoms with van der Waals surface area (Å²) in [5.41, 5.74) is 0. The van der Waals surface area contributed by atoms with Crippen LogP contribution in [0.4, 0.5) is 0 Å². The van der Waals surface area contributed by atoms with Gasteiger partial charge in [-0.25, -0.2) is 0 Å². The van der Waals surface area contributed by atoms with E-state index in [0.29, 0.717) is 0 Å². The van der Waals surface area contributed by atoms with Gasteiger partial charge in [0.2, 0.25) is 0 Å². The molecule has 0 amide bonds. The third-order valence-electron chi connectivity index (χ3n) is 2.33. The number of rotatable bonds is 3. The van der Waals surface area contributed by atoms with Gasteiger partial charge in [-0.15, -0.1) is 0 Å². The van der Waals surface area contributed by atoms with E-state index in [9.17, 15) is 4.79 Å². The van der Waals surface area contributed by atoms with Crippen molar-refractivity contribution in [2.75, 3.05) is 6.61 Å². The Morgan fingerprint density at radius 1 is 1.67 bits per heavy atom. The van der Waals surface area contributed by atoms with Crippen LogP contribution in [-0.2, 0) is 9.53 Å². The van der Waals surface area contributed by atoms with E-state index in [1.54, 1.807) is 0 Å². The van der Waals surface area contributed by atoms with Crippen LogP contribution >= 0.6 is 0 Å². The molecule has 1 N–H and O–H groups in total. The molecule has 0 saturated carbocycles. The van der Waals surface area contributed by atoms with Crippen molar-refractivity contribution in [3.63, 3.8) is 0 Å². The number of hydrogen-bond donors (Lipinski definition) is 1. The average molecular weight is 172 g/mol. The minimum atomic E-state index is -0.701. The lowest BCUT2D eigenvalue weighted by Crippen LogP contribution is -2.34. The lowest BCUT2D eigenvalue weighted by molar-refractivity contribution is -0.151. The first-order chi connectivity index (χ1) is 5.75. The highest BCUT2D eigenvalue weighted by Crippen LogP contribution is 2.24. The molecule has 1 aliphatic rings. The maximum atomic E-state index is 10.8. The summed E-state index contributed by atoms with van der Waals surface area (Å²) in [4.78, 5) is 10.8. The van der Waals surface area contributed by atoms with Crippen LogP contribution in [0.1, 0.15) is 32.6 Å². The highest BCUT2D eigenvalue weighted by molar-refractivity contribution is 5.70. The number of ether oxygens (including phenoxy) is 1. The number of carbonyl (C=O) groups is 1. The first kappa shape index (κ1) is 9.52. The van der Waals surface area contributed by atoms with Gasteiger partial charge in [0.05, 0.1) is 12.0 Å². The highest BCUT2D eigenvalue weighted by Gasteiger charge is 2.30. The smallest absolute Gasteiger partial charge is 0.309 e. The number of carboxylic acid groups (broad SMARTS) is 1. The Hall–Kier alpha value is -0.570. The first-order valence-corrected chi connectivity index (χ1v) is 4.60. The molecule has 12 heavy (non-hydrogen) atoms. The average Bonchev–Trinajstić information content (AvgIpc) is 2.05. The normalized spacial score (nSPS) is 30.1. The molecule has 0 aromatic heterocycles. The summed E-state index contributed by atoms with van der Waals surface area (Å²) >= 11 is 0. The molecule has 1 saturated heterocycles. The monoisotopic (exact) mass is 172 g/mol. The maximum absolute atomic E-state index is 10.8. The van der Waals surface area contributed by atoms with Crippen LogP contribution in [0, 0.1) is 5.92 Å². The summed E-state index contributed by atoms with van der Waals surface area (Å²) in [5.74, 6) is -0.966. The summed E-state index contributed by atoms with van der Waals surface area (Å²) in [7, 11) is 0. The van der Waals surface area contributed by atoms with E-state index in [-0.39, 0.29) is 12.0 Å². The second kappa shape index (κ2) is 4.45. The Bertz CT molecular complexity index is 154. The van der Waals surface area contributed by atoms with Crippen molar-refractivity contribution in [3.05, 3.63) is 0 Å². The molecule has 1 aliphatic heterocycles. The van der Waals surface area contributed by atoms with Gasteiger partial charge >= 0.3 is 5.97 Å². The molecule has 1 fully saturated rings. The fourth-order valence-electron chi connectivity index (χ4n) is 1.69. The zero-order valence-electron chi connectivity index (χ0n) is 7.45. The molecule has 2 atom stereocenters. The van der Waals surface area contributed by atoms with Gasteiger partial charge in [0.15, 0.2) is 0 Å². The molecule has 3 nitrogen and oxygen atoms in total. The standard InChI is InChI=1S/C9H16O3/c1-2-4-8-7(9(10)11)5-3-6-12-8/h7-8H,2-6H2,1H3,(H,10,11)/t7-,8+/m1/s1. The fraction of sp³-hybridized carbons (Fsp3) is 0.889. The Morgan fingerprint density at radius 2 is 2.42 bits per heavy atom. The van der Waals surface area contributed by atoms with Crippen LogP contribution in [0.2, 0.25) is 0 Å². The zero-order valence-corrected chi connectivity index (χ0v) is 7.45. The van der Waals surface area contributed by atoms with E-state index in [1.807, 2.05) is 0 Å². The first-order valence-electron chi connectivity index (χ1n) is 4.60. The molecular formula is C9H16O3. The maximum Gasteiger partial charge on any atom is 0.309 e. The molecule has 70 valence electrons. The Labute approximate surface area is 72.7 Å². The lowest BCUT2D eigenvalue weighted by Gasteiger charge is -2.28. The molecule has 0 aliphatic carbocycles. The van der Waals surface area contributed by atoms with Crippen LogP contribution in [0.15, 0.2) is 0 Å². The molecule has 0 aromatic rings. The summed E-state index contributed by atoms with van der Waals surface area (Å²) < 4.78 is 5.41. The summed E-state index contributed by atoms with van der Waals surface area (Å²) in [6, 6.07) is 0. The highest BCUT2D eigenvalue weighted by atomic mass is 16.5. The summed E-state index contributed by atoms with van der Waals surface area (Å²) in [5, 5.41) is 8.86. The Morgan fingerprint density at radius 3 is 3.00 bits per heavy atom. The molecule has 0 unspecified atom stereocenters. The van der Waals surface area contributed by atoms with E-state index < -0.39 is 5.97 Å². The van der Waals surface area contributed by atoms with Crippen molar-refractivity contribution < 1.29 is 14.6 Å². The Kier molecular flexibility index (Phi) is 3.53. The molecule has 0 radical (unpaired) electrons. The minimum Gasteiger partial charge on any atom is -0.481 e.